The second-order valence-electron chi connectivity index (χ2n) is 0. The first-order valence-electron chi connectivity index (χ1n) is 0. The Kier molecular flexibility index (Phi) is 296. The van der Waals surface area contributed by atoms with Gasteiger partial charge >= 0.3 is 18.9 Å². The summed E-state index contributed by atoms with van der Waals surface area (Å²) in [4.78, 5) is 0. The first-order valence-corrected chi connectivity index (χ1v) is 0. The molecule has 0 aliphatic heterocycles. The Labute approximate surface area is 86.4 Å². The van der Waals surface area contributed by atoms with Gasteiger partial charge in [-0.3, -0.25) is 0 Å². The van der Waals surface area contributed by atoms with Crippen LogP contribution in [0.15, 0.2) is 0 Å². The second kappa shape index (κ2) is 30.4. The van der Waals surface area contributed by atoms with Crippen molar-refractivity contribution < 1.29 is 70.0 Å². The Morgan fingerprint density at radius 1 is 1.00 bits per heavy atom. The first-order chi connectivity index (χ1) is 0. The molecule has 0 amide bonds. The maximum atomic E-state index is 0. The maximum absolute atomic E-state index is 0. The molecule has 0 bridgehead atoms. The molecule has 0 saturated heterocycles. The third kappa shape index (κ3) is 20.6. The van der Waals surface area contributed by atoms with Crippen LogP contribution in [0.1, 0.15) is 1.43 Å². The van der Waals surface area contributed by atoms with Crippen LogP contribution < -0.4 is 18.9 Å². The van der Waals surface area contributed by atoms with Crippen molar-refractivity contribution in [3.05, 3.63) is 0 Å². The van der Waals surface area contributed by atoms with Gasteiger partial charge in [0.2, 0.25) is 0 Å². The van der Waals surface area contributed by atoms with E-state index in [0.29, 0.717) is 0 Å². The minimum absolute atomic E-state index is 0. The van der Waals surface area contributed by atoms with E-state index in [1.54, 1.807) is 0 Å². The van der Waals surface area contributed by atoms with E-state index in [1.807, 2.05) is 0 Å². The fourth-order valence-electron chi connectivity index (χ4n) is 0. The normalized spacial score (nSPS) is 0. The zero-order chi connectivity index (χ0) is 0. The van der Waals surface area contributed by atoms with E-state index in [9.17, 15) is 0 Å². The summed E-state index contributed by atoms with van der Waals surface area (Å²) < 4.78 is 0. The van der Waals surface area contributed by atoms with Gasteiger partial charge in [-0.1, -0.05) is 0 Å². The zero-order valence-electron chi connectivity index (χ0n) is 2.97. The molecule has 0 saturated carbocycles. The molecule has 0 aromatic carbocycles. The molecule has 0 spiro atoms. The molecule has 5 heavy (non-hydrogen) atoms. The van der Waals surface area contributed by atoms with E-state index >= 15 is 0 Å². The van der Waals surface area contributed by atoms with Crippen LogP contribution in [0.4, 0.5) is 0 Å². The van der Waals surface area contributed by atoms with Crippen molar-refractivity contribution in [3.63, 3.8) is 0 Å². The predicted octanol–water partition coefficient (Wildman–Crippen LogP) is -4.07. The van der Waals surface area contributed by atoms with Crippen LogP contribution in [0.5, 0.6) is 0 Å². The van der Waals surface area contributed by atoms with Gasteiger partial charge in [0.1, 0.15) is 0 Å². The average Bonchev–Trinajstić information content (AvgIpc) is 0. The molecule has 0 fully saturated rings. The molecule has 37 valence electrons. The molecule has 0 atom stereocenters. The van der Waals surface area contributed by atoms with Crippen molar-refractivity contribution in [2.75, 3.05) is 0 Å². The molecule has 0 unspecified atom stereocenters. The Hall–Kier alpha value is 2.62. The predicted molar refractivity (Wildman–Crippen MR) is 11.1 cm³/mol. The largest absolute Gasteiger partial charge is 1.00 e. The number of hydrogen-bond acceptors (Lipinski definition) is 0. The Morgan fingerprint density at radius 3 is 1.00 bits per heavy atom. The van der Waals surface area contributed by atoms with Gasteiger partial charge in [-0.05, 0) is 0 Å². The Morgan fingerprint density at radius 2 is 1.00 bits per heavy atom. The quantitative estimate of drug-likeness (QED) is 0.360. The van der Waals surface area contributed by atoms with Gasteiger partial charge in [-0.15, -0.1) is 0 Å². The van der Waals surface area contributed by atoms with Gasteiger partial charge in [0, 0.05) is 49.8 Å². The molecule has 0 aromatic heterocycles. The van der Waals surface area contributed by atoms with Gasteiger partial charge in [0.15, 0.2) is 17.4 Å². The second-order valence-corrected chi connectivity index (χ2v) is 0. The topological polar surface area (TPSA) is 0 Å². The van der Waals surface area contributed by atoms with Gasteiger partial charge in [0.05, 0.1) is 0 Å². The van der Waals surface area contributed by atoms with E-state index in [-0.39, 0.29) is 87.4 Å². The average molecular weight is 214 g/mol. The first kappa shape index (κ1) is 48.6. The fraction of sp³-hybridized carbons (Fsp3) is 0. The molecule has 0 nitrogen and oxygen atoms in total. The van der Waals surface area contributed by atoms with E-state index < -0.39 is 0 Å². The molecule has 0 heterocycles. The summed E-state index contributed by atoms with van der Waals surface area (Å²) in [6, 6.07) is 0. The van der Waals surface area contributed by atoms with Gasteiger partial charge in [-0.2, -0.15) is 0 Å². The molecule has 0 aliphatic carbocycles. The smallest absolute Gasteiger partial charge is 1.00 e. The molecule has 0 aliphatic rings. The molecule has 5 heteroatoms. The molecule has 0 rings (SSSR count). The minimum atomic E-state index is 0. The summed E-state index contributed by atoms with van der Waals surface area (Å²) in [6.45, 7) is 0. The monoisotopic (exact) mass is 213 g/mol. The summed E-state index contributed by atoms with van der Waals surface area (Å²) in [6.07, 6.45) is 0. The van der Waals surface area contributed by atoms with Crippen LogP contribution in [0.2, 0.25) is 0 Å². The van der Waals surface area contributed by atoms with E-state index in [4.69, 9.17) is 0 Å². The van der Waals surface area contributed by atoms with E-state index in [1.165, 1.54) is 0 Å². The molecular weight excluding hydrogens is 210 g/mol. The summed E-state index contributed by atoms with van der Waals surface area (Å²) in [5, 5.41) is 0. The van der Waals surface area contributed by atoms with Crippen LogP contribution in [-0.2, 0) is 49.8 Å². The standard InChI is InChI=1S/Al.Co.Li.2Ni.4H/q;;+1;;;;;;-1. The maximum Gasteiger partial charge on any atom is 1.00 e. The van der Waals surface area contributed by atoms with Crippen LogP contribution in [0.25, 0.3) is 0 Å². The minimum Gasteiger partial charge on any atom is -1.00 e. The number of rotatable bonds is 0. The Balaban J connectivity index is 0. The Bertz CT molecular complexity index is 13.5. The van der Waals surface area contributed by atoms with Crippen molar-refractivity contribution in [3.8, 4) is 0 Å². The van der Waals surface area contributed by atoms with Gasteiger partial charge in [0.25, 0.3) is 0 Å². The third-order valence-electron chi connectivity index (χ3n) is 0. The van der Waals surface area contributed by atoms with Crippen molar-refractivity contribution >= 4 is 17.4 Å². The van der Waals surface area contributed by atoms with Crippen LogP contribution in [0, 0.1) is 0 Å². The van der Waals surface area contributed by atoms with Gasteiger partial charge < -0.3 is 1.43 Å². The van der Waals surface area contributed by atoms with Gasteiger partial charge in [-0.25, -0.2) is 0 Å². The van der Waals surface area contributed by atoms with Crippen molar-refractivity contribution in [2.45, 2.75) is 0 Å². The van der Waals surface area contributed by atoms with Crippen LogP contribution >= 0.6 is 0 Å². The van der Waals surface area contributed by atoms with Crippen molar-refractivity contribution in [1.29, 1.82) is 0 Å². The number of hydrogen-bond donors (Lipinski definition) is 0. The summed E-state index contributed by atoms with van der Waals surface area (Å²) in [7, 11) is 0. The molecule has 1 radical (unpaired) electrons. The summed E-state index contributed by atoms with van der Waals surface area (Å²) >= 11 is 0. The van der Waals surface area contributed by atoms with Crippen molar-refractivity contribution in [1.82, 2.24) is 0 Å². The van der Waals surface area contributed by atoms with Crippen LogP contribution in [-0.4, -0.2) is 17.4 Å². The molecule has 0 N–H and O–H groups in total. The zero-order valence-corrected chi connectivity index (χ0v) is 4.98. The fourth-order valence-corrected chi connectivity index (χ4v) is 0. The molecule has 0 aromatic rings. The third-order valence-corrected chi connectivity index (χ3v) is 0. The molecular formula is H4AlCoLiNi2. The summed E-state index contributed by atoms with van der Waals surface area (Å²) in [5.74, 6) is 0. The van der Waals surface area contributed by atoms with E-state index in [2.05, 4.69) is 0 Å². The van der Waals surface area contributed by atoms with Crippen molar-refractivity contribution in [2.24, 2.45) is 0 Å². The SMILES string of the molecule is [AlH3].[Co].[H-].[Li+].[Ni].[Ni]. The summed E-state index contributed by atoms with van der Waals surface area (Å²) in [5.41, 5.74) is 0. The van der Waals surface area contributed by atoms with E-state index in [0.717, 1.165) is 0 Å². The van der Waals surface area contributed by atoms with Crippen LogP contribution in [0.3, 0.4) is 0 Å².